The van der Waals surface area contributed by atoms with Crippen molar-refractivity contribution in [3.05, 3.63) is 29.3 Å². The molecule has 1 aromatic rings. The number of carbonyl (C=O) groups is 1. The normalized spacial score (nSPS) is 11.3. The molecule has 0 heterocycles. The SMILES string of the molecule is Cc1cccc(C)c1N(C(=O)O)C(C)(C)C. The van der Waals surface area contributed by atoms with Gasteiger partial charge in [-0.15, -0.1) is 0 Å². The molecule has 0 spiro atoms. The second-order valence-corrected chi connectivity index (χ2v) is 5.03. The molecule has 1 amide bonds. The van der Waals surface area contributed by atoms with Crippen LogP contribution in [0, 0.1) is 13.8 Å². The lowest BCUT2D eigenvalue weighted by molar-refractivity contribution is 0.195. The third-order valence-corrected chi connectivity index (χ3v) is 2.53. The zero-order chi connectivity index (χ0) is 12.5. The largest absolute Gasteiger partial charge is 0.465 e. The predicted molar refractivity (Wildman–Crippen MR) is 66.2 cm³/mol. The van der Waals surface area contributed by atoms with Crippen LogP contribution in [0.3, 0.4) is 0 Å². The molecule has 0 fully saturated rings. The second-order valence-electron chi connectivity index (χ2n) is 5.03. The fourth-order valence-corrected chi connectivity index (χ4v) is 1.88. The standard InChI is InChI=1S/C13H19NO2/c1-9-7-6-8-10(2)11(9)14(12(15)16)13(3,4)5/h6-8H,1-5H3,(H,15,16). The van der Waals surface area contributed by atoms with E-state index in [4.69, 9.17) is 0 Å². The Kier molecular flexibility index (Phi) is 3.27. The maximum Gasteiger partial charge on any atom is 0.412 e. The summed E-state index contributed by atoms with van der Waals surface area (Å²) in [6.45, 7) is 9.56. The number of para-hydroxylation sites is 1. The highest BCUT2D eigenvalue weighted by molar-refractivity contribution is 5.89. The molecule has 0 bridgehead atoms. The van der Waals surface area contributed by atoms with Gasteiger partial charge < -0.3 is 5.11 Å². The van der Waals surface area contributed by atoms with E-state index < -0.39 is 11.6 Å². The minimum absolute atomic E-state index is 0.442. The molecule has 0 unspecified atom stereocenters. The number of anilines is 1. The van der Waals surface area contributed by atoms with Crippen LogP contribution in [0.25, 0.3) is 0 Å². The Balaban J connectivity index is 3.38. The van der Waals surface area contributed by atoms with Gasteiger partial charge in [-0.2, -0.15) is 0 Å². The van der Waals surface area contributed by atoms with Gasteiger partial charge >= 0.3 is 6.09 Å². The van der Waals surface area contributed by atoms with Crippen molar-refractivity contribution in [1.29, 1.82) is 0 Å². The summed E-state index contributed by atoms with van der Waals surface area (Å²) in [6, 6.07) is 5.81. The van der Waals surface area contributed by atoms with Crippen molar-refractivity contribution in [3.8, 4) is 0 Å². The topological polar surface area (TPSA) is 40.5 Å². The van der Waals surface area contributed by atoms with Crippen molar-refractivity contribution in [3.63, 3.8) is 0 Å². The minimum atomic E-state index is -0.912. The highest BCUT2D eigenvalue weighted by Crippen LogP contribution is 2.30. The smallest absolute Gasteiger partial charge is 0.412 e. The van der Waals surface area contributed by atoms with E-state index in [1.807, 2.05) is 52.8 Å². The van der Waals surface area contributed by atoms with E-state index in [1.165, 1.54) is 4.90 Å². The number of aryl methyl sites for hydroxylation is 2. The van der Waals surface area contributed by atoms with Crippen molar-refractivity contribution < 1.29 is 9.90 Å². The van der Waals surface area contributed by atoms with Gasteiger partial charge in [-0.1, -0.05) is 18.2 Å². The van der Waals surface area contributed by atoms with Gasteiger partial charge in [0.2, 0.25) is 0 Å². The van der Waals surface area contributed by atoms with Crippen molar-refractivity contribution in [2.75, 3.05) is 4.90 Å². The molecule has 1 aromatic carbocycles. The summed E-state index contributed by atoms with van der Waals surface area (Å²) in [7, 11) is 0. The van der Waals surface area contributed by atoms with E-state index in [0.717, 1.165) is 16.8 Å². The van der Waals surface area contributed by atoms with Gasteiger partial charge in [-0.3, -0.25) is 4.90 Å². The number of hydrogen-bond acceptors (Lipinski definition) is 1. The van der Waals surface area contributed by atoms with Crippen molar-refractivity contribution >= 4 is 11.8 Å². The fourth-order valence-electron chi connectivity index (χ4n) is 1.88. The van der Waals surface area contributed by atoms with Crippen LogP contribution >= 0.6 is 0 Å². The van der Waals surface area contributed by atoms with Crippen LogP contribution in [-0.4, -0.2) is 16.7 Å². The summed E-state index contributed by atoms with van der Waals surface area (Å²) < 4.78 is 0. The first-order valence-corrected chi connectivity index (χ1v) is 5.34. The molecule has 88 valence electrons. The predicted octanol–water partition coefficient (Wildman–Crippen LogP) is 3.59. The van der Waals surface area contributed by atoms with E-state index in [0.29, 0.717) is 0 Å². The maximum absolute atomic E-state index is 11.4. The van der Waals surface area contributed by atoms with Crippen LogP contribution in [0.2, 0.25) is 0 Å². The van der Waals surface area contributed by atoms with Gasteiger partial charge in [0, 0.05) is 5.54 Å². The average Bonchev–Trinajstić information content (AvgIpc) is 2.08. The molecule has 0 atom stereocenters. The van der Waals surface area contributed by atoms with Crippen molar-refractivity contribution in [1.82, 2.24) is 0 Å². The number of hydrogen-bond donors (Lipinski definition) is 1. The quantitative estimate of drug-likeness (QED) is 0.787. The molecule has 3 nitrogen and oxygen atoms in total. The van der Waals surface area contributed by atoms with Crippen LogP contribution in [0.5, 0.6) is 0 Å². The minimum Gasteiger partial charge on any atom is -0.465 e. The number of benzene rings is 1. The molecule has 0 aliphatic rings. The Labute approximate surface area is 96.7 Å². The van der Waals surface area contributed by atoms with E-state index >= 15 is 0 Å². The van der Waals surface area contributed by atoms with Crippen LogP contribution in [0.1, 0.15) is 31.9 Å². The van der Waals surface area contributed by atoms with Gasteiger partial charge in [0.1, 0.15) is 0 Å². The highest BCUT2D eigenvalue weighted by atomic mass is 16.4. The summed E-state index contributed by atoms with van der Waals surface area (Å²) in [4.78, 5) is 12.8. The first-order valence-electron chi connectivity index (χ1n) is 5.34. The number of amides is 1. The van der Waals surface area contributed by atoms with E-state index in [1.54, 1.807) is 0 Å². The Morgan fingerprint density at radius 1 is 1.19 bits per heavy atom. The Bertz CT molecular complexity index is 385. The number of rotatable bonds is 1. The lowest BCUT2D eigenvalue weighted by Crippen LogP contribution is -2.45. The Morgan fingerprint density at radius 3 is 1.94 bits per heavy atom. The number of carboxylic acid groups (broad SMARTS) is 1. The summed E-state index contributed by atoms with van der Waals surface area (Å²) >= 11 is 0. The second kappa shape index (κ2) is 4.16. The van der Waals surface area contributed by atoms with E-state index in [9.17, 15) is 9.90 Å². The van der Waals surface area contributed by atoms with Crippen LogP contribution in [0.15, 0.2) is 18.2 Å². The van der Waals surface area contributed by atoms with Crippen LogP contribution in [-0.2, 0) is 0 Å². The van der Waals surface area contributed by atoms with Crippen molar-refractivity contribution in [2.24, 2.45) is 0 Å². The van der Waals surface area contributed by atoms with Gasteiger partial charge in [0.05, 0.1) is 5.69 Å². The third-order valence-electron chi connectivity index (χ3n) is 2.53. The average molecular weight is 221 g/mol. The molecule has 0 aromatic heterocycles. The zero-order valence-electron chi connectivity index (χ0n) is 10.5. The van der Waals surface area contributed by atoms with Gasteiger partial charge in [-0.05, 0) is 45.7 Å². The molecule has 0 saturated heterocycles. The molecule has 1 N–H and O–H groups in total. The van der Waals surface area contributed by atoms with Crippen LogP contribution in [0.4, 0.5) is 10.5 Å². The molecule has 0 aliphatic heterocycles. The Morgan fingerprint density at radius 2 is 1.62 bits per heavy atom. The van der Waals surface area contributed by atoms with Gasteiger partial charge in [0.25, 0.3) is 0 Å². The molecule has 0 radical (unpaired) electrons. The maximum atomic E-state index is 11.4. The Hall–Kier alpha value is -1.51. The molecule has 16 heavy (non-hydrogen) atoms. The van der Waals surface area contributed by atoms with Crippen molar-refractivity contribution in [2.45, 2.75) is 40.2 Å². The third kappa shape index (κ3) is 2.35. The van der Waals surface area contributed by atoms with E-state index in [-0.39, 0.29) is 0 Å². The molecule has 0 aliphatic carbocycles. The fraction of sp³-hybridized carbons (Fsp3) is 0.462. The molecular weight excluding hydrogens is 202 g/mol. The lowest BCUT2D eigenvalue weighted by Gasteiger charge is -2.35. The number of nitrogens with zero attached hydrogens (tertiary/aromatic N) is 1. The molecule has 3 heteroatoms. The summed E-state index contributed by atoms with van der Waals surface area (Å²) in [5.41, 5.74) is 2.32. The first kappa shape index (κ1) is 12.6. The first-order chi connectivity index (χ1) is 7.25. The molecular formula is C13H19NO2. The highest BCUT2D eigenvalue weighted by Gasteiger charge is 2.29. The zero-order valence-corrected chi connectivity index (χ0v) is 10.5. The van der Waals surface area contributed by atoms with E-state index in [2.05, 4.69) is 0 Å². The molecule has 1 rings (SSSR count). The van der Waals surface area contributed by atoms with Crippen LogP contribution < -0.4 is 4.90 Å². The summed E-state index contributed by atoms with van der Waals surface area (Å²) in [5.74, 6) is 0. The van der Waals surface area contributed by atoms with Gasteiger partial charge in [0.15, 0.2) is 0 Å². The molecule has 0 saturated carbocycles. The summed E-state index contributed by atoms with van der Waals surface area (Å²) in [6.07, 6.45) is -0.912. The summed E-state index contributed by atoms with van der Waals surface area (Å²) in [5, 5.41) is 9.34. The lowest BCUT2D eigenvalue weighted by atomic mass is 10.0. The van der Waals surface area contributed by atoms with Gasteiger partial charge in [-0.25, -0.2) is 4.79 Å². The monoisotopic (exact) mass is 221 g/mol.